The molecule has 0 saturated carbocycles. The van der Waals surface area contributed by atoms with Gasteiger partial charge in [0.2, 0.25) is 5.91 Å². The number of rotatable bonds is 6. The second-order valence-corrected chi connectivity index (χ2v) is 6.86. The van der Waals surface area contributed by atoms with Crippen LogP contribution in [0.25, 0.3) is 0 Å². The predicted octanol–water partition coefficient (Wildman–Crippen LogP) is 1.19. The van der Waals surface area contributed by atoms with Crippen molar-refractivity contribution in [2.24, 2.45) is 5.10 Å². The Labute approximate surface area is 164 Å². The van der Waals surface area contributed by atoms with Gasteiger partial charge in [0.15, 0.2) is 6.61 Å². The summed E-state index contributed by atoms with van der Waals surface area (Å²) in [5.74, 6) is -1.03. The highest BCUT2D eigenvalue weighted by Gasteiger charge is 2.24. The quantitative estimate of drug-likeness (QED) is 0.684. The summed E-state index contributed by atoms with van der Waals surface area (Å²) in [4.78, 5) is 37.8. The Morgan fingerprint density at radius 2 is 1.93 bits per heavy atom. The first-order valence-electron chi connectivity index (χ1n) is 9.51. The third kappa shape index (κ3) is 5.39. The molecule has 150 valence electrons. The molecule has 28 heavy (non-hydrogen) atoms. The van der Waals surface area contributed by atoms with Gasteiger partial charge in [-0.15, -0.1) is 0 Å². The van der Waals surface area contributed by atoms with Gasteiger partial charge >= 0.3 is 5.97 Å². The van der Waals surface area contributed by atoms with E-state index >= 15 is 0 Å². The molecule has 0 aromatic heterocycles. The molecule has 2 heterocycles. The van der Waals surface area contributed by atoms with E-state index in [0.717, 1.165) is 11.3 Å². The minimum absolute atomic E-state index is 0.00712. The second kappa shape index (κ2) is 9.45. The summed E-state index contributed by atoms with van der Waals surface area (Å²) in [6, 6.07) is 9.69. The molecule has 2 aliphatic rings. The number of morpholine rings is 1. The Hall–Kier alpha value is -2.74. The molecular weight excluding hydrogens is 362 g/mol. The highest BCUT2D eigenvalue weighted by molar-refractivity contribution is 6.02. The van der Waals surface area contributed by atoms with Crippen LogP contribution in [0.1, 0.15) is 31.7 Å². The number of hydrogen-bond acceptors (Lipinski definition) is 6. The standard InChI is InChI=1S/C20H25N3O5/c1-15-13-22(11-12-27-15)19(25)14-28-20(26)8-7-18(24)23-10-9-17(21-23)16-5-3-2-4-6-16/h2-6,15H,7-14H2,1H3. The van der Waals surface area contributed by atoms with Crippen molar-refractivity contribution in [1.29, 1.82) is 0 Å². The van der Waals surface area contributed by atoms with Crippen LogP contribution in [0.3, 0.4) is 0 Å². The van der Waals surface area contributed by atoms with Gasteiger partial charge in [0.05, 0.1) is 31.4 Å². The summed E-state index contributed by atoms with van der Waals surface area (Å²) in [7, 11) is 0. The Morgan fingerprint density at radius 3 is 2.68 bits per heavy atom. The molecule has 1 aromatic carbocycles. The van der Waals surface area contributed by atoms with Gasteiger partial charge in [0.1, 0.15) is 0 Å². The number of ether oxygens (including phenoxy) is 2. The van der Waals surface area contributed by atoms with E-state index in [4.69, 9.17) is 9.47 Å². The van der Waals surface area contributed by atoms with Crippen LogP contribution in [0, 0.1) is 0 Å². The minimum atomic E-state index is -0.561. The average molecular weight is 387 g/mol. The first kappa shape index (κ1) is 20.0. The summed E-state index contributed by atoms with van der Waals surface area (Å²) < 4.78 is 10.4. The average Bonchev–Trinajstić information content (AvgIpc) is 3.21. The van der Waals surface area contributed by atoms with Crippen molar-refractivity contribution < 1.29 is 23.9 Å². The van der Waals surface area contributed by atoms with E-state index in [2.05, 4.69) is 5.10 Å². The lowest BCUT2D eigenvalue weighted by molar-refractivity contribution is -0.155. The number of carbonyl (C=O) groups excluding carboxylic acids is 3. The van der Waals surface area contributed by atoms with Gasteiger partial charge in [-0.25, -0.2) is 5.01 Å². The van der Waals surface area contributed by atoms with Crippen LogP contribution in [0.15, 0.2) is 35.4 Å². The third-order valence-corrected chi connectivity index (χ3v) is 4.69. The highest BCUT2D eigenvalue weighted by Crippen LogP contribution is 2.15. The Bertz CT molecular complexity index is 749. The van der Waals surface area contributed by atoms with Gasteiger partial charge in [0, 0.05) is 25.9 Å². The molecule has 8 nitrogen and oxygen atoms in total. The largest absolute Gasteiger partial charge is 0.456 e. The number of nitrogens with zero attached hydrogens (tertiary/aromatic N) is 3. The van der Waals surface area contributed by atoms with E-state index in [1.165, 1.54) is 5.01 Å². The molecule has 0 bridgehead atoms. The molecule has 0 radical (unpaired) electrons. The van der Waals surface area contributed by atoms with Gasteiger partial charge < -0.3 is 14.4 Å². The van der Waals surface area contributed by atoms with E-state index < -0.39 is 5.97 Å². The lowest BCUT2D eigenvalue weighted by Crippen LogP contribution is -2.46. The molecule has 3 rings (SSSR count). The molecule has 1 unspecified atom stereocenters. The zero-order valence-electron chi connectivity index (χ0n) is 16.0. The van der Waals surface area contributed by atoms with Crippen LogP contribution in [0.4, 0.5) is 0 Å². The van der Waals surface area contributed by atoms with Gasteiger partial charge in [-0.3, -0.25) is 14.4 Å². The van der Waals surface area contributed by atoms with Gasteiger partial charge in [-0.2, -0.15) is 5.10 Å². The number of hydrazone groups is 1. The lowest BCUT2D eigenvalue weighted by Gasteiger charge is -2.30. The maximum absolute atomic E-state index is 12.3. The molecule has 1 atom stereocenters. The maximum atomic E-state index is 12.3. The van der Waals surface area contributed by atoms with Gasteiger partial charge in [-0.05, 0) is 12.5 Å². The normalized spacial score (nSPS) is 19.3. The molecule has 0 N–H and O–H groups in total. The van der Waals surface area contributed by atoms with Crippen molar-refractivity contribution in [2.75, 3.05) is 32.8 Å². The number of hydrogen-bond donors (Lipinski definition) is 0. The molecule has 1 fully saturated rings. The Kier molecular flexibility index (Phi) is 6.76. The first-order chi connectivity index (χ1) is 13.5. The molecular formula is C20H25N3O5. The number of amides is 2. The monoisotopic (exact) mass is 387 g/mol. The van der Waals surface area contributed by atoms with Crippen LogP contribution >= 0.6 is 0 Å². The summed E-state index contributed by atoms with van der Waals surface area (Å²) in [6.45, 7) is 3.56. The smallest absolute Gasteiger partial charge is 0.306 e. The van der Waals surface area contributed by atoms with E-state index in [1.54, 1.807) is 4.90 Å². The highest BCUT2D eigenvalue weighted by atomic mass is 16.5. The fraction of sp³-hybridized carbons (Fsp3) is 0.500. The summed E-state index contributed by atoms with van der Waals surface area (Å²) in [6.07, 6.45) is 0.603. The topological polar surface area (TPSA) is 88.5 Å². The minimum Gasteiger partial charge on any atom is -0.456 e. The van der Waals surface area contributed by atoms with Crippen molar-refractivity contribution in [3.63, 3.8) is 0 Å². The zero-order valence-corrected chi connectivity index (χ0v) is 16.0. The number of esters is 1. The summed E-state index contributed by atoms with van der Waals surface area (Å²) in [5.41, 5.74) is 1.86. The van der Waals surface area contributed by atoms with Crippen LogP contribution in [-0.2, 0) is 23.9 Å². The SMILES string of the molecule is CC1CN(C(=O)COC(=O)CCC(=O)N2CCC(c3ccccc3)=N2)CCO1. The number of benzene rings is 1. The van der Waals surface area contributed by atoms with Crippen molar-refractivity contribution in [3.8, 4) is 0 Å². The second-order valence-electron chi connectivity index (χ2n) is 6.86. The lowest BCUT2D eigenvalue weighted by atomic mass is 10.1. The Balaban J connectivity index is 1.39. The maximum Gasteiger partial charge on any atom is 0.306 e. The van der Waals surface area contributed by atoms with Crippen LogP contribution in [0.2, 0.25) is 0 Å². The fourth-order valence-corrected chi connectivity index (χ4v) is 3.16. The zero-order chi connectivity index (χ0) is 19.9. The summed E-state index contributed by atoms with van der Waals surface area (Å²) >= 11 is 0. The van der Waals surface area contributed by atoms with E-state index in [1.807, 2.05) is 37.3 Å². The van der Waals surface area contributed by atoms with Crippen molar-refractivity contribution >= 4 is 23.5 Å². The number of carbonyl (C=O) groups is 3. The Morgan fingerprint density at radius 1 is 1.14 bits per heavy atom. The molecule has 0 aliphatic carbocycles. The first-order valence-corrected chi connectivity index (χ1v) is 9.51. The molecule has 2 amide bonds. The van der Waals surface area contributed by atoms with Gasteiger partial charge in [-0.1, -0.05) is 30.3 Å². The van der Waals surface area contributed by atoms with Gasteiger partial charge in [0.25, 0.3) is 5.91 Å². The van der Waals surface area contributed by atoms with Crippen molar-refractivity contribution in [1.82, 2.24) is 9.91 Å². The van der Waals surface area contributed by atoms with Crippen LogP contribution < -0.4 is 0 Å². The van der Waals surface area contributed by atoms with E-state index in [9.17, 15) is 14.4 Å². The van der Waals surface area contributed by atoms with Crippen molar-refractivity contribution in [3.05, 3.63) is 35.9 Å². The molecule has 1 aromatic rings. The predicted molar refractivity (Wildman–Crippen MR) is 101 cm³/mol. The van der Waals surface area contributed by atoms with E-state index in [-0.39, 0.29) is 37.4 Å². The van der Waals surface area contributed by atoms with Crippen molar-refractivity contribution in [2.45, 2.75) is 32.3 Å². The van der Waals surface area contributed by atoms with Crippen LogP contribution in [0.5, 0.6) is 0 Å². The fourth-order valence-electron chi connectivity index (χ4n) is 3.16. The molecule has 0 spiro atoms. The molecule has 1 saturated heterocycles. The molecule has 2 aliphatic heterocycles. The molecule has 8 heteroatoms. The summed E-state index contributed by atoms with van der Waals surface area (Å²) in [5, 5.41) is 5.75. The van der Waals surface area contributed by atoms with Crippen LogP contribution in [-0.4, -0.2) is 72.4 Å². The van der Waals surface area contributed by atoms with E-state index in [0.29, 0.717) is 32.7 Å². The third-order valence-electron chi connectivity index (χ3n) is 4.69.